The molecule has 2 N–H and O–H groups in total. The molecular weight excluding hydrogens is 324 g/mol. The lowest BCUT2D eigenvalue weighted by Gasteiger charge is -2.14. The summed E-state index contributed by atoms with van der Waals surface area (Å²) in [7, 11) is 1.65. The fourth-order valence-corrected chi connectivity index (χ4v) is 3.01. The lowest BCUT2D eigenvalue weighted by molar-refractivity contribution is 0.283. The number of hydrogen-bond acceptors (Lipinski definition) is 4. The largest absolute Gasteiger partial charge is 0.497 e. The second-order valence-electron chi connectivity index (χ2n) is 5.74. The van der Waals surface area contributed by atoms with Gasteiger partial charge in [-0.1, -0.05) is 11.6 Å². The molecule has 3 aromatic rings. The Bertz CT molecular complexity index is 852. The summed E-state index contributed by atoms with van der Waals surface area (Å²) in [5.74, 6) is 0.783. The smallest absolute Gasteiger partial charge is 0.121 e. The SMILES string of the molecule is COc1ccc2c(NCCCCCO)c3ccc(Cl)cc3nc2c1. The van der Waals surface area contributed by atoms with E-state index in [0.29, 0.717) is 5.02 Å². The molecule has 0 saturated heterocycles. The average Bonchev–Trinajstić information content (AvgIpc) is 2.60. The molecule has 24 heavy (non-hydrogen) atoms. The number of aliphatic hydroxyl groups is 1. The van der Waals surface area contributed by atoms with E-state index in [1.807, 2.05) is 36.4 Å². The first-order chi connectivity index (χ1) is 11.7. The molecule has 0 spiro atoms. The number of nitrogens with one attached hydrogen (secondary N) is 1. The van der Waals surface area contributed by atoms with Gasteiger partial charge in [-0.15, -0.1) is 0 Å². The average molecular weight is 345 g/mol. The number of ether oxygens (including phenoxy) is 1. The zero-order valence-electron chi connectivity index (χ0n) is 13.7. The van der Waals surface area contributed by atoms with E-state index < -0.39 is 0 Å². The van der Waals surface area contributed by atoms with Gasteiger partial charge in [-0.05, 0) is 49.6 Å². The summed E-state index contributed by atoms with van der Waals surface area (Å²) in [6, 6.07) is 11.7. The summed E-state index contributed by atoms with van der Waals surface area (Å²) in [5.41, 5.74) is 2.81. The molecule has 4 nitrogen and oxygen atoms in total. The number of pyridine rings is 1. The Labute approximate surface area is 146 Å². The molecule has 5 heteroatoms. The van der Waals surface area contributed by atoms with E-state index in [4.69, 9.17) is 26.4 Å². The second kappa shape index (κ2) is 7.69. The van der Waals surface area contributed by atoms with Crippen LogP contribution in [-0.4, -0.2) is 30.4 Å². The third-order valence-electron chi connectivity index (χ3n) is 4.08. The summed E-state index contributed by atoms with van der Waals surface area (Å²) in [6.07, 6.45) is 2.85. The molecule has 0 aliphatic heterocycles. The van der Waals surface area contributed by atoms with Crippen molar-refractivity contribution in [1.29, 1.82) is 0 Å². The van der Waals surface area contributed by atoms with E-state index in [2.05, 4.69) is 5.32 Å². The summed E-state index contributed by atoms with van der Waals surface area (Å²) in [5, 5.41) is 15.2. The second-order valence-corrected chi connectivity index (χ2v) is 6.18. The van der Waals surface area contributed by atoms with Crippen LogP contribution in [0.2, 0.25) is 5.02 Å². The molecule has 1 aromatic heterocycles. The van der Waals surface area contributed by atoms with E-state index >= 15 is 0 Å². The number of nitrogens with zero attached hydrogens (tertiary/aromatic N) is 1. The van der Waals surface area contributed by atoms with Gasteiger partial charge in [0.05, 0.1) is 23.8 Å². The first-order valence-electron chi connectivity index (χ1n) is 8.14. The molecule has 0 amide bonds. The first kappa shape index (κ1) is 16.8. The Kier molecular flexibility index (Phi) is 5.38. The molecular formula is C19H21ClN2O2. The van der Waals surface area contributed by atoms with Crippen LogP contribution in [0.15, 0.2) is 36.4 Å². The number of aromatic nitrogens is 1. The number of rotatable bonds is 7. The predicted octanol–water partition coefficient (Wildman–Crippen LogP) is 4.62. The summed E-state index contributed by atoms with van der Waals surface area (Å²) in [6.45, 7) is 1.10. The molecule has 0 aliphatic rings. The van der Waals surface area contributed by atoms with Gasteiger partial charge in [0.15, 0.2) is 0 Å². The Balaban J connectivity index is 2.03. The van der Waals surface area contributed by atoms with Crippen LogP contribution in [0.3, 0.4) is 0 Å². The van der Waals surface area contributed by atoms with Gasteiger partial charge in [0.2, 0.25) is 0 Å². The highest BCUT2D eigenvalue weighted by Crippen LogP contribution is 2.33. The normalized spacial score (nSPS) is 11.1. The van der Waals surface area contributed by atoms with Crippen LogP contribution >= 0.6 is 11.6 Å². The molecule has 126 valence electrons. The van der Waals surface area contributed by atoms with Crippen molar-refractivity contribution in [3.63, 3.8) is 0 Å². The van der Waals surface area contributed by atoms with Gasteiger partial charge in [-0.2, -0.15) is 0 Å². The van der Waals surface area contributed by atoms with Crippen molar-refractivity contribution in [1.82, 2.24) is 4.98 Å². The molecule has 0 atom stereocenters. The van der Waals surface area contributed by atoms with E-state index in [9.17, 15) is 0 Å². The number of unbranched alkanes of at least 4 members (excludes halogenated alkanes) is 2. The monoisotopic (exact) mass is 344 g/mol. The van der Waals surface area contributed by atoms with E-state index in [-0.39, 0.29) is 6.61 Å². The van der Waals surface area contributed by atoms with Crippen molar-refractivity contribution < 1.29 is 9.84 Å². The molecule has 3 rings (SSSR count). The molecule has 2 aromatic carbocycles. The van der Waals surface area contributed by atoms with Gasteiger partial charge in [0.1, 0.15) is 5.75 Å². The molecule has 0 aliphatic carbocycles. The maximum absolute atomic E-state index is 8.89. The molecule has 0 bridgehead atoms. The minimum atomic E-state index is 0.249. The van der Waals surface area contributed by atoms with E-state index in [1.54, 1.807) is 7.11 Å². The van der Waals surface area contributed by atoms with E-state index in [0.717, 1.165) is 59.0 Å². The Morgan fingerprint density at radius 1 is 1.04 bits per heavy atom. The topological polar surface area (TPSA) is 54.4 Å². The number of fused-ring (bicyclic) bond motifs is 2. The predicted molar refractivity (Wildman–Crippen MR) is 100 cm³/mol. The molecule has 0 radical (unpaired) electrons. The van der Waals surface area contributed by atoms with Gasteiger partial charge in [0.25, 0.3) is 0 Å². The highest BCUT2D eigenvalue weighted by Gasteiger charge is 2.10. The number of benzene rings is 2. The minimum Gasteiger partial charge on any atom is -0.497 e. The lowest BCUT2D eigenvalue weighted by Crippen LogP contribution is -2.04. The van der Waals surface area contributed by atoms with Crippen LogP contribution in [-0.2, 0) is 0 Å². The van der Waals surface area contributed by atoms with Crippen molar-refractivity contribution in [2.45, 2.75) is 19.3 Å². The third kappa shape index (κ3) is 3.55. The third-order valence-corrected chi connectivity index (χ3v) is 4.32. The minimum absolute atomic E-state index is 0.249. The van der Waals surface area contributed by atoms with Gasteiger partial charge in [-0.25, -0.2) is 4.98 Å². The van der Waals surface area contributed by atoms with Crippen LogP contribution in [0.1, 0.15) is 19.3 Å². The molecule has 0 unspecified atom stereocenters. The van der Waals surface area contributed by atoms with Crippen molar-refractivity contribution in [2.24, 2.45) is 0 Å². The lowest BCUT2D eigenvalue weighted by atomic mass is 10.1. The summed E-state index contributed by atoms with van der Waals surface area (Å²) in [4.78, 5) is 4.73. The summed E-state index contributed by atoms with van der Waals surface area (Å²) >= 11 is 6.13. The standard InChI is InChI=1S/C19H21ClN2O2/c1-24-14-6-8-16-18(12-14)22-17-11-13(20)5-7-15(17)19(16)21-9-3-2-4-10-23/h5-8,11-12,23H,2-4,9-10H2,1H3,(H,21,22). The van der Waals surface area contributed by atoms with Gasteiger partial charge < -0.3 is 15.2 Å². The molecule has 1 heterocycles. The fourth-order valence-electron chi connectivity index (χ4n) is 2.84. The van der Waals surface area contributed by atoms with Crippen LogP contribution in [0.4, 0.5) is 5.69 Å². The number of methoxy groups -OCH3 is 1. The Hall–Kier alpha value is -2.04. The van der Waals surface area contributed by atoms with Gasteiger partial charge in [0, 0.05) is 35.0 Å². The quantitative estimate of drug-likeness (QED) is 0.485. The maximum Gasteiger partial charge on any atom is 0.121 e. The van der Waals surface area contributed by atoms with Crippen LogP contribution in [0, 0.1) is 0 Å². The van der Waals surface area contributed by atoms with Crippen molar-refractivity contribution >= 4 is 39.1 Å². The highest BCUT2D eigenvalue weighted by atomic mass is 35.5. The molecule has 0 fully saturated rings. The van der Waals surface area contributed by atoms with Gasteiger partial charge in [-0.3, -0.25) is 0 Å². The Morgan fingerprint density at radius 2 is 1.79 bits per heavy atom. The van der Waals surface area contributed by atoms with Crippen LogP contribution in [0.25, 0.3) is 21.8 Å². The van der Waals surface area contributed by atoms with Crippen LogP contribution in [0.5, 0.6) is 5.75 Å². The molecule has 0 saturated carbocycles. The van der Waals surface area contributed by atoms with Gasteiger partial charge >= 0.3 is 0 Å². The zero-order chi connectivity index (χ0) is 16.9. The van der Waals surface area contributed by atoms with Crippen LogP contribution < -0.4 is 10.1 Å². The van der Waals surface area contributed by atoms with Crippen molar-refractivity contribution in [3.8, 4) is 5.75 Å². The number of anilines is 1. The number of aliphatic hydroxyl groups excluding tert-OH is 1. The Morgan fingerprint density at radius 3 is 2.54 bits per heavy atom. The summed E-state index contributed by atoms with van der Waals surface area (Å²) < 4.78 is 5.31. The van der Waals surface area contributed by atoms with Crippen molar-refractivity contribution in [2.75, 3.05) is 25.6 Å². The van der Waals surface area contributed by atoms with E-state index in [1.165, 1.54) is 0 Å². The number of halogens is 1. The fraction of sp³-hybridized carbons (Fsp3) is 0.316. The zero-order valence-corrected chi connectivity index (χ0v) is 14.4. The highest BCUT2D eigenvalue weighted by molar-refractivity contribution is 6.31. The van der Waals surface area contributed by atoms with Crippen molar-refractivity contribution in [3.05, 3.63) is 41.4 Å². The first-order valence-corrected chi connectivity index (χ1v) is 8.52. The number of hydrogen-bond donors (Lipinski definition) is 2. The maximum atomic E-state index is 8.89.